The lowest BCUT2D eigenvalue weighted by molar-refractivity contribution is 0.575. The van der Waals surface area contributed by atoms with Crippen molar-refractivity contribution in [3.63, 3.8) is 0 Å². The Hall–Kier alpha value is -0.910. The minimum absolute atomic E-state index is 0.156. The van der Waals surface area contributed by atoms with E-state index >= 15 is 0 Å². The molecule has 106 valence electrons. The Morgan fingerprint density at radius 2 is 2.11 bits per heavy atom. The third kappa shape index (κ3) is 4.03. The Morgan fingerprint density at radius 1 is 1.37 bits per heavy atom. The number of rotatable bonds is 7. The minimum Gasteiger partial charge on any atom is -0.310 e. The monoisotopic (exact) mass is 282 g/mol. The molecule has 0 spiro atoms. The molecule has 0 heterocycles. The van der Waals surface area contributed by atoms with Crippen LogP contribution in [0.2, 0.25) is 0 Å². The summed E-state index contributed by atoms with van der Waals surface area (Å²) < 4.78 is 27.0. The first kappa shape index (κ1) is 14.5. The highest BCUT2D eigenvalue weighted by molar-refractivity contribution is 7.89. The molecule has 1 aliphatic rings. The smallest absolute Gasteiger partial charge is 0.240 e. The van der Waals surface area contributed by atoms with Crippen LogP contribution in [0.3, 0.4) is 0 Å². The van der Waals surface area contributed by atoms with Gasteiger partial charge in [0, 0.05) is 12.6 Å². The molecule has 0 amide bonds. The second-order valence-corrected chi connectivity index (χ2v) is 6.91. The highest BCUT2D eigenvalue weighted by atomic mass is 32.2. The Bertz CT molecular complexity index is 524. The number of hydrogen-bond acceptors (Lipinski definition) is 3. The molecule has 2 N–H and O–H groups in total. The van der Waals surface area contributed by atoms with Crippen LogP contribution in [0.1, 0.15) is 38.3 Å². The molecule has 5 heteroatoms. The van der Waals surface area contributed by atoms with Crippen molar-refractivity contribution in [2.24, 2.45) is 5.92 Å². The summed E-state index contributed by atoms with van der Waals surface area (Å²) in [6.07, 6.45) is 2.28. The van der Waals surface area contributed by atoms with Crippen molar-refractivity contribution in [2.45, 2.75) is 37.6 Å². The van der Waals surface area contributed by atoms with Gasteiger partial charge in [-0.05, 0) is 49.9 Å². The number of sulfonamides is 1. The van der Waals surface area contributed by atoms with E-state index in [0.717, 1.165) is 24.9 Å². The van der Waals surface area contributed by atoms with Crippen molar-refractivity contribution in [3.05, 3.63) is 29.8 Å². The summed E-state index contributed by atoms with van der Waals surface area (Å²) in [4.78, 5) is 0.357. The lowest BCUT2D eigenvalue weighted by atomic mass is 10.1. The van der Waals surface area contributed by atoms with E-state index in [-0.39, 0.29) is 6.04 Å². The van der Waals surface area contributed by atoms with Gasteiger partial charge in [-0.1, -0.05) is 19.1 Å². The van der Waals surface area contributed by atoms with E-state index < -0.39 is 10.0 Å². The van der Waals surface area contributed by atoms with Gasteiger partial charge in [0.05, 0.1) is 4.90 Å². The summed E-state index contributed by atoms with van der Waals surface area (Å²) in [6, 6.07) is 7.31. The van der Waals surface area contributed by atoms with Crippen LogP contribution < -0.4 is 10.0 Å². The normalized spacial score (nSPS) is 17.4. The number of benzene rings is 1. The Kier molecular flexibility index (Phi) is 4.60. The first-order valence-corrected chi connectivity index (χ1v) is 8.34. The Morgan fingerprint density at radius 3 is 2.74 bits per heavy atom. The Balaban J connectivity index is 2.12. The molecule has 1 aromatic carbocycles. The molecule has 0 aromatic heterocycles. The maximum absolute atomic E-state index is 12.2. The van der Waals surface area contributed by atoms with Crippen LogP contribution in [0.5, 0.6) is 0 Å². The van der Waals surface area contributed by atoms with Crippen molar-refractivity contribution < 1.29 is 8.42 Å². The van der Waals surface area contributed by atoms with Gasteiger partial charge in [-0.25, -0.2) is 13.1 Å². The maximum atomic E-state index is 12.2. The third-order valence-electron chi connectivity index (χ3n) is 3.44. The predicted octanol–water partition coefficient (Wildman–Crippen LogP) is 2.05. The van der Waals surface area contributed by atoms with E-state index in [9.17, 15) is 8.42 Å². The second kappa shape index (κ2) is 6.03. The van der Waals surface area contributed by atoms with Gasteiger partial charge < -0.3 is 5.32 Å². The van der Waals surface area contributed by atoms with Crippen LogP contribution in [-0.4, -0.2) is 21.5 Å². The van der Waals surface area contributed by atoms with Crippen LogP contribution in [0.15, 0.2) is 29.2 Å². The molecule has 4 nitrogen and oxygen atoms in total. The van der Waals surface area contributed by atoms with E-state index in [2.05, 4.69) is 10.0 Å². The minimum atomic E-state index is -3.36. The summed E-state index contributed by atoms with van der Waals surface area (Å²) >= 11 is 0. The lowest BCUT2D eigenvalue weighted by Crippen LogP contribution is -2.26. The van der Waals surface area contributed by atoms with Crippen molar-refractivity contribution in [2.75, 3.05) is 13.1 Å². The second-order valence-electron chi connectivity index (χ2n) is 5.15. The third-order valence-corrected chi connectivity index (χ3v) is 4.86. The molecule has 1 fully saturated rings. The standard InChI is InChI=1S/C14H22N2O2S/c1-3-15-11(2)13-5-4-6-14(9-13)19(17,18)16-10-12-7-8-12/h4-6,9,11-12,15-16H,3,7-8,10H2,1-2H3. The van der Waals surface area contributed by atoms with Gasteiger partial charge in [0.25, 0.3) is 0 Å². The molecule has 0 saturated heterocycles. The summed E-state index contributed by atoms with van der Waals surface area (Å²) in [5.41, 5.74) is 0.996. The molecule has 1 aromatic rings. The number of hydrogen-bond donors (Lipinski definition) is 2. The van der Waals surface area contributed by atoms with Gasteiger partial charge in [-0.2, -0.15) is 0 Å². The quantitative estimate of drug-likeness (QED) is 0.804. The topological polar surface area (TPSA) is 58.2 Å². The average molecular weight is 282 g/mol. The molecule has 2 rings (SSSR count). The van der Waals surface area contributed by atoms with Crippen LogP contribution in [0.25, 0.3) is 0 Å². The average Bonchev–Trinajstić information content (AvgIpc) is 3.21. The zero-order chi connectivity index (χ0) is 13.9. The zero-order valence-electron chi connectivity index (χ0n) is 11.5. The summed E-state index contributed by atoms with van der Waals surface area (Å²) in [7, 11) is -3.36. The molecule has 1 atom stereocenters. The summed E-state index contributed by atoms with van der Waals surface area (Å²) in [6.45, 7) is 5.49. The molecule has 0 bridgehead atoms. The lowest BCUT2D eigenvalue weighted by Gasteiger charge is -2.14. The first-order valence-electron chi connectivity index (χ1n) is 6.86. The fourth-order valence-electron chi connectivity index (χ4n) is 2.01. The molecule has 1 aliphatic carbocycles. The van der Waals surface area contributed by atoms with E-state index in [1.54, 1.807) is 18.2 Å². The Labute approximate surface area is 115 Å². The van der Waals surface area contributed by atoms with Gasteiger partial charge in [-0.15, -0.1) is 0 Å². The van der Waals surface area contributed by atoms with Gasteiger partial charge in [-0.3, -0.25) is 0 Å². The van der Waals surface area contributed by atoms with Crippen LogP contribution >= 0.6 is 0 Å². The van der Waals surface area contributed by atoms with Crippen molar-refractivity contribution in [1.29, 1.82) is 0 Å². The number of nitrogens with one attached hydrogen (secondary N) is 2. The fraction of sp³-hybridized carbons (Fsp3) is 0.571. The summed E-state index contributed by atoms with van der Waals surface area (Å²) in [5, 5.41) is 3.29. The maximum Gasteiger partial charge on any atom is 0.240 e. The van der Waals surface area contributed by atoms with E-state index in [1.807, 2.05) is 19.9 Å². The molecule has 1 saturated carbocycles. The molecular weight excluding hydrogens is 260 g/mol. The highest BCUT2D eigenvalue weighted by Gasteiger charge is 2.24. The van der Waals surface area contributed by atoms with Gasteiger partial charge in [0.15, 0.2) is 0 Å². The zero-order valence-corrected chi connectivity index (χ0v) is 12.3. The van der Waals surface area contributed by atoms with Crippen LogP contribution in [0.4, 0.5) is 0 Å². The van der Waals surface area contributed by atoms with Gasteiger partial charge in [0.1, 0.15) is 0 Å². The molecular formula is C14H22N2O2S. The van der Waals surface area contributed by atoms with Gasteiger partial charge >= 0.3 is 0 Å². The highest BCUT2D eigenvalue weighted by Crippen LogP contribution is 2.28. The summed E-state index contributed by atoms with van der Waals surface area (Å²) in [5.74, 6) is 0.540. The van der Waals surface area contributed by atoms with Gasteiger partial charge in [0.2, 0.25) is 10.0 Å². The molecule has 19 heavy (non-hydrogen) atoms. The first-order chi connectivity index (χ1) is 9.03. The predicted molar refractivity (Wildman–Crippen MR) is 76.4 cm³/mol. The van der Waals surface area contributed by atoms with Crippen molar-refractivity contribution >= 4 is 10.0 Å². The molecule has 0 aliphatic heterocycles. The van der Waals surface area contributed by atoms with Crippen LogP contribution in [-0.2, 0) is 10.0 Å². The molecule has 0 radical (unpaired) electrons. The van der Waals surface area contributed by atoms with E-state index in [0.29, 0.717) is 17.4 Å². The SMILES string of the molecule is CCNC(C)c1cccc(S(=O)(=O)NCC2CC2)c1. The fourth-order valence-corrected chi connectivity index (χ4v) is 3.18. The van der Waals surface area contributed by atoms with E-state index in [1.165, 1.54) is 0 Å². The van der Waals surface area contributed by atoms with Crippen molar-refractivity contribution in [1.82, 2.24) is 10.0 Å². The van der Waals surface area contributed by atoms with Crippen LogP contribution in [0, 0.1) is 5.92 Å². The largest absolute Gasteiger partial charge is 0.310 e. The molecule has 1 unspecified atom stereocenters. The van der Waals surface area contributed by atoms with E-state index in [4.69, 9.17) is 0 Å². The van der Waals surface area contributed by atoms with Crippen molar-refractivity contribution in [3.8, 4) is 0 Å².